The predicted molar refractivity (Wildman–Crippen MR) is 71.9 cm³/mol. The quantitative estimate of drug-likeness (QED) is 0.902. The van der Waals surface area contributed by atoms with Gasteiger partial charge in [0.15, 0.2) is 0 Å². The Balaban J connectivity index is 2.44. The normalized spacial score (nSPS) is 19.0. The lowest BCUT2D eigenvalue weighted by Crippen LogP contribution is -2.61. The number of hydrogen-bond donors (Lipinski definition) is 1. The third-order valence-corrected chi connectivity index (χ3v) is 5.24. The van der Waals surface area contributed by atoms with Gasteiger partial charge in [-0.15, -0.1) is 0 Å². The Labute approximate surface area is 113 Å². The fourth-order valence-corrected chi connectivity index (χ4v) is 4.04. The molecular formula is C13H19NO4S. The molecule has 1 saturated heterocycles. The molecule has 1 N–H and O–H groups in total. The van der Waals surface area contributed by atoms with E-state index in [0.29, 0.717) is 5.75 Å². The molecule has 106 valence electrons. The summed E-state index contributed by atoms with van der Waals surface area (Å²) < 4.78 is 31.4. The second kappa shape index (κ2) is 4.47. The summed E-state index contributed by atoms with van der Waals surface area (Å²) in [7, 11) is -2.15. The molecule has 0 unspecified atom stereocenters. The van der Waals surface area contributed by atoms with E-state index >= 15 is 0 Å². The Kier molecular flexibility index (Phi) is 3.36. The molecule has 0 aromatic heterocycles. The fraction of sp³-hybridized carbons (Fsp3) is 0.538. The summed E-state index contributed by atoms with van der Waals surface area (Å²) in [5.74, 6) is 0.342. The highest BCUT2D eigenvalue weighted by atomic mass is 32.2. The smallest absolute Gasteiger partial charge is 0.246 e. The number of β-amino-alcohol motifs (C(OH)–C–C–N with tert-alkyl or cyclic N) is 1. The summed E-state index contributed by atoms with van der Waals surface area (Å²) in [5.41, 5.74) is 0.943. The highest BCUT2D eigenvalue weighted by Crippen LogP contribution is 2.34. The molecule has 0 bridgehead atoms. The first-order valence-corrected chi connectivity index (χ1v) is 7.49. The fourth-order valence-electron chi connectivity index (χ4n) is 2.15. The zero-order valence-electron chi connectivity index (χ0n) is 11.6. The minimum absolute atomic E-state index is 0.116. The van der Waals surface area contributed by atoms with Crippen LogP contribution < -0.4 is 4.74 Å². The van der Waals surface area contributed by atoms with Gasteiger partial charge in [-0.3, -0.25) is 0 Å². The third-order valence-electron chi connectivity index (χ3n) is 3.43. The molecule has 0 atom stereocenters. The molecule has 19 heavy (non-hydrogen) atoms. The van der Waals surface area contributed by atoms with Gasteiger partial charge in [-0.1, -0.05) is 0 Å². The number of ether oxygens (including phenoxy) is 1. The van der Waals surface area contributed by atoms with Crippen molar-refractivity contribution in [2.45, 2.75) is 31.3 Å². The molecule has 5 nitrogen and oxygen atoms in total. The average Bonchev–Trinajstić information content (AvgIpc) is 2.28. The number of hydrogen-bond acceptors (Lipinski definition) is 4. The van der Waals surface area contributed by atoms with E-state index in [-0.39, 0.29) is 18.0 Å². The van der Waals surface area contributed by atoms with Crippen molar-refractivity contribution in [1.82, 2.24) is 4.31 Å². The maximum absolute atomic E-state index is 12.5. The van der Waals surface area contributed by atoms with Gasteiger partial charge in [0.05, 0.1) is 12.7 Å². The predicted octanol–water partition coefficient (Wildman–Crippen LogP) is 1.07. The average molecular weight is 285 g/mol. The number of sulfonamides is 1. The van der Waals surface area contributed by atoms with E-state index in [1.807, 2.05) is 13.8 Å². The SMILES string of the molecule is COc1cc(C)c(C)cc1S(=O)(=O)N1CC(C)(O)C1. The lowest BCUT2D eigenvalue weighted by molar-refractivity contribution is -0.0426. The molecule has 0 saturated carbocycles. The largest absolute Gasteiger partial charge is 0.495 e. The highest BCUT2D eigenvalue weighted by molar-refractivity contribution is 7.89. The summed E-state index contributed by atoms with van der Waals surface area (Å²) in [6.07, 6.45) is 0. The Morgan fingerprint density at radius 3 is 2.26 bits per heavy atom. The minimum Gasteiger partial charge on any atom is -0.495 e. The van der Waals surface area contributed by atoms with E-state index in [0.717, 1.165) is 11.1 Å². The van der Waals surface area contributed by atoms with Crippen LogP contribution in [0.5, 0.6) is 5.75 Å². The number of aryl methyl sites for hydroxylation is 2. The second-order valence-electron chi connectivity index (χ2n) is 5.36. The first-order valence-electron chi connectivity index (χ1n) is 6.05. The van der Waals surface area contributed by atoms with Crippen LogP contribution in [0.4, 0.5) is 0 Å². The summed E-state index contributed by atoms with van der Waals surface area (Å²) >= 11 is 0. The van der Waals surface area contributed by atoms with Crippen molar-refractivity contribution >= 4 is 10.0 Å². The maximum Gasteiger partial charge on any atom is 0.246 e. The van der Waals surface area contributed by atoms with Crippen molar-refractivity contribution in [1.29, 1.82) is 0 Å². The summed E-state index contributed by atoms with van der Waals surface area (Å²) in [6.45, 7) is 5.62. The molecule has 1 heterocycles. The van der Waals surface area contributed by atoms with Crippen molar-refractivity contribution in [3.63, 3.8) is 0 Å². The van der Waals surface area contributed by atoms with Crippen LogP contribution in [0.2, 0.25) is 0 Å². The van der Waals surface area contributed by atoms with E-state index in [1.54, 1.807) is 19.1 Å². The summed E-state index contributed by atoms with van der Waals surface area (Å²) in [6, 6.07) is 3.34. The zero-order chi connectivity index (χ0) is 14.4. The number of benzene rings is 1. The van der Waals surface area contributed by atoms with Crippen molar-refractivity contribution in [3.8, 4) is 5.75 Å². The molecular weight excluding hydrogens is 266 g/mol. The minimum atomic E-state index is -3.61. The van der Waals surface area contributed by atoms with Crippen molar-refractivity contribution in [3.05, 3.63) is 23.3 Å². The van der Waals surface area contributed by atoms with Gasteiger partial charge < -0.3 is 9.84 Å². The van der Waals surface area contributed by atoms with Crippen LogP contribution in [0, 0.1) is 13.8 Å². The van der Waals surface area contributed by atoms with Crippen LogP contribution in [0.3, 0.4) is 0 Å². The van der Waals surface area contributed by atoms with Crippen LogP contribution in [-0.4, -0.2) is 43.6 Å². The Bertz CT molecular complexity index is 599. The standard InChI is InChI=1S/C13H19NO4S/c1-9-5-11(18-4)12(6-10(9)2)19(16,17)14-7-13(3,15)8-14/h5-6,15H,7-8H2,1-4H3. The number of nitrogens with zero attached hydrogens (tertiary/aromatic N) is 1. The van der Waals surface area contributed by atoms with Gasteiger partial charge in [0, 0.05) is 13.1 Å². The summed E-state index contributed by atoms with van der Waals surface area (Å²) in [5, 5.41) is 9.68. The van der Waals surface area contributed by atoms with E-state index in [9.17, 15) is 13.5 Å². The van der Waals surface area contributed by atoms with Crippen LogP contribution in [0.15, 0.2) is 17.0 Å². The van der Waals surface area contributed by atoms with E-state index < -0.39 is 15.6 Å². The van der Waals surface area contributed by atoms with Crippen LogP contribution in [0.25, 0.3) is 0 Å². The highest BCUT2D eigenvalue weighted by Gasteiger charge is 2.44. The molecule has 0 aliphatic carbocycles. The molecule has 1 aliphatic heterocycles. The molecule has 2 rings (SSSR count). The molecule has 1 aromatic rings. The molecule has 0 radical (unpaired) electrons. The van der Waals surface area contributed by atoms with Gasteiger partial charge >= 0.3 is 0 Å². The van der Waals surface area contributed by atoms with E-state index in [2.05, 4.69) is 0 Å². The lowest BCUT2D eigenvalue weighted by Gasteiger charge is -2.43. The molecule has 1 aliphatic rings. The number of rotatable bonds is 3. The van der Waals surface area contributed by atoms with Crippen LogP contribution in [0.1, 0.15) is 18.1 Å². The molecule has 1 aromatic carbocycles. The molecule has 1 fully saturated rings. The van der Waals surface area contributed by atoms with E-state index in [4.69, 9.17) is 4.74 Å². The monoisotopic (exact) mass is 285 g/mol. The van der Waals surface area contributed by atoms with Gasteiger partial charge in [0.1, 0.15) is 10.6 Å². The van der Waals surface area contributed by atoms with Gasteiger partial charge in [0.25, 0.3) is 0 Å². The van der Waals surface area contributed by atoms with Crippen molar-refractivity contribution < 1.29 is 18.3 Å². The van der Waals surface area contributed by atoms with Gasteiger partial charge in [-0.25, -0.2) is 8.42 Å². The second-order valence-corrected chi connectivity index (χ2v) is 7.26. The van der Waals surface area contributed by atoms with Crippen LogP contribution in [-0.2, 0) is 10.0 Å². The first-order chi connectivity index (χ1) is 8.67. The first kappa shape index (κ1) is 14.3. The number of methoxy groups -OCH3 is 1. The molecule has 6 heteroatoms. The molecule has 0 amide bonds. The lowest BCUT2D eigenvalue weighted by atomic mass is 10.0. The maximum atomic E-state index is 12.5. The summed E-state index contributed by atoms with van der Waals surface area (Å²) in [4.78, 5) is 0.161. The Morgan fingerprint density at radius 2 is 1.79 bits per heavy atom. The van der Waals surface area contributed by atoms with Crippen molar-refractivity contribution in [2.24, 2.45) is 0 Å². The van der Waals surface area contributed by atoms with Gasteiger partial charge in [-0.2, -0.15) is 4.31 Å². The van der Waals surface area contributed by atoms with Crippen LogP contribution >= 0.6 is 0 Å². The topological polar surface area (TPSA) is 66.8 Å². The Hall–Kier alpha value is -1.11. The third kappa shape index (κ3) is 2.48. The zero-order valence-corrected chi connectivity index (χ0v) is 12.4. The molecule has 0 spiro atoms. The Morgan fingerprint density at radius 1 is 1.26 bits per heavy atom. The van der Waals surface area contributed by atoms with Gasteiger partial charge in [-0.05, 0) is 44.0 Å². The van der Waals surface area contributed by atoms with Gasteiger partial charge in [0.2, 0.25) is 10.0 Å². The van der Waals surface area contributed by atoms with Crippen molar-refractivity contribution in [2.75, 3.05) is 20.2 Å². The van der Waals surface area contributed by atoms with E-state index in [1.165, 1.54) is 11.4 Å². The number of aliphatic hydroxyl groups is 1.